The van der Waals surface area contributed by atoms with Crippen LogP contribution < -0.4 is 5.32 Å². The molecule has 4 heteroatoms. The van der Waals surface area contributed by atoms with Gasteiger partial charge >= 0.3 is 0 Å². The first-order chi connectivity index (χ1) is 5.16. The smallest absolute Gasteiger partial charge is 0.216 e. The Bertz CT molecular complexity index is 147. The Morgan fingerprint density at radius 3 is 2.55 bits per heavy atom. The number of carbonyl (C=O) groups excluding carboxylic acids is 2. The Kier molecular flexibility index (Phi) is 5.93. The first-order valence-electron chi connectivity index (χ1n) is 3.57. The molecule has 0 aliphatic carbocycles. The SMILES string of the molecule is CCC(=O)SCCNC(C)=O. The predicted molar refractivity (Wildman–Crippen MR) is 46.4 cm³/mol. The van der Waals surface area contributed by atoms with Crippen molar-refractivity contribution in [2.45, 2.75) is 20.3 Å². The first kappa shape index (κ1) is 10.5. The fourth-order valence-corrected chi connectivity index (χ4v) is 1.13. The second kappa shape index (κ2) is 6.22. The van der Waals surface area contributed by atoms with Gasteiger partial charge in [-0.05, 0) is 0 Å². The molecule has 0 aromatic rings. The topological polar surface area (TPSA) is 46.2 Å². The lowest BCUT2D eigenvalue weighted by Gasteiger charge is -1.99. The van der Waals surface area contributed by atoms with Crippen molar-refractivity contribution < 1.29 is 9.59 Å². The fraction of sp³-hybridized carbons (Fsp3) is 0.714. The molecular formula is C7H13NO2S. The van der Waals surface area contributed by atoms with Gasteiger partial charge in [0.25, 0.3) is 0 Å². The molecule has 0 saturated heterocycles. The van der Waals surface area contributed by atoms with Crippen LogP contribution in [0.25, 0.3) is 0 Å². The van der Waals surface area contributed by atoms with Crippen molar-refractivity contribution in [3.8, 4) is 0 Å². The third-order valence-corrected chi connectivity index (χ3v) is 2.05. The average Bonchev–Trinajstić information content (AvgIpc) is 1.97. The summed E-state index contributed by atoms with van der Waals surface area (Å²) in [5, 5.41) is 2.79. The summed E-state index contributed by atoms with van der Waals surface area (Å²) in [7, 11) is 0. The summed E-state index contributed by atoms with van der Waals surface area (Å²) in [5.41, 5.74) is 0. The summed E-state index contributed by atoms with van der Waals surface area (Å²) in [5.74, 6) is 0.626. The van der Waals surface area contributed by atoms with Crippen LogP contribution in [0.4, 0.5) is 0 Å². The third kappa shape index (κ3) is 7.39. The highest BCUT2D eigenvalue weighted by atomic mass is 32.2. The Balaban J connectivity index is 3.14. The molecule has 0 rings (SSSR count). The molecule has 0 bridgehead atoms. The minimum atomic E-state index is -0.0467. The van der Waals surface area contributed by atoms with Crippen molar-refractivity contribution in [2.75, 3.05) is 12.3 Å². The summed E-state index contributed by atoms with van der Waals surface area (Å²) in [6.45, 7) is 3.87. The summed E-state index contributed by atoms with van der Waals surface area (Å²) in [6, 6.07) is 0. The van der Waals surface area contributed by atoms with Crippen LogP contribution in [0, 0.1) is 0 Å². The van der Waals surface area contributed by atoms with Crippen molar-refractivity contribution in [1.29, 1.82) is 0 Å². The molecular weight excluding hydrogens is 162 g/mol. The van der Waals surface area contributed by atoms with Crippen molar-refractivity contribution in [3.05, 3.63) is 0 Å². The number of nitrogens with one attached hydrogen (secondary N) is 1. The maximum atomic E-state index is 10.7. The van der Waals surface area contributed by atoms with Crippen LogP contribution in [-0.4, -0.2) is 23.3 Å². The molecule has 0 saturated carbocycles. The fourth-order valence-electron chi connectivity index (χ4n) is 0.494. The van der Waals surface area contributed by atoms with Crippen molar-refractivity contribution in [2.24, 2.45) is 0 Å². The number of amides is 1. The van der Waals surface area contributed by atoms with Crippen LogP contribution in [0.15, 0.2) is 0 Å². The number of carbonyl (C=O) groups is 2. The molecule has 1 amide bonds. The van der Waals surface area contributed by atoms with Crippen LogP contribution in [-0.2, 0) is 9.59 Å². The highest BCUT2D eigenvalue weighted by molar-refractivity contribution is 8.13. The molecule has 3 nitrogen and oxygen atoms in total. The van der Waals surface area contributed by atoms with Crippen LogP contribution in [0.1, 0.15) is 20.3 Å². The van der Waals surface area contributed by atoms with Crippen molar-refractivity contribution in [3.63, 3.8) is 0 Å². The minimum Gasteiger partial charge on any atom is -0.356 e. The Morgan fingerprint density at radius 2 is 2.09 bits per heavy atom. The van der Waals surface area contributed by atoms with E-state index in [2.05, 4.69) is 5.32 Å². The zero-order valence-electron chi connectivity index (χ0n) is 6.85. The van der Waals surface area contributed by atoms with Gasteiger partial charge in [0, 0.05) is 25.6 Å². The maximum absolute atomic E-state index is 10.7. The van der Waals surface area contributed by atoms with E-state index in [-0.39, 0.29) is 11.0 Å². The lowest BCUT2D eigenvalue weighted by Crippen LogP contribution is -2.22. The molecule has 0 aliphatic rings. The second-order valence-electron chi connectivity index (χ2n) is 2.06. The summed E-state index contributed by atoms with van der Waals surface area (Å²) in [4.78, 5) is 21.1. The van der Waals surface area contributed by atoms with E-state index in [1.807, 2.05) is 6.92 Å². The van der Waals surface area contributed by atoms with Gasteiger partial charge in [0.15, 0.2) is 5.12 Å². The van der Waals surface area contributed by atoms with Gasteiger partial charge in [0.2, 0.25) is 5.91 Å². The predicted octanol–water partition coefficient (Wildman–Crippen LogP) is 0.792. The normalized spacial score (nSPS) is 9.27. The molecule has 0 aromatic carbocycles. The zero-order valence-corrected chi connectivity index (χ0v) is 7.66. The van der Waals surface area contributed by atoms with Crippen molar-refractivity contribution >= 4 is 22.8 Å². The standard InChI is InChI=1S/C7H13NO2S/c1-3-7(10)11-5-4-8-6(2)9/h3-5H2,1-2H3,(H,8,9). The van der Waals surface area contributed by atoms with Gasteiger partial charge in [-0.3, -0.25) is 9.59 Å². The van der Waals surface area contributed by atoms with E-state index in [4.69, 9.17) is 0 Å². The molecule has 0 aromatic heterocycles. The van der Waals surface area contributed by atoms with Gasteiger partial charge in [-0.1, -0.05) is 18.7 Å². The molecule has 0 radical (unpaired) electrons. The maximum Gasteiger partial charge on any atom is 0.216 e. The summed E-state index contributed by atoms with van der Waals surface area (Å²) in [6.07, 6.45) is 0.560. The molecule has 64 valence electrons. The molecule has 11 heavy (non-hydrogen) atoms. The van der Waals surface area contributed by atoms with Crippen LogP contribution >= 0.6 is 11.8 Å². The summed E-state index contributed by atoms with van der Waals surface area (Å²) >= 11 is 1.26. The van der Waals surface area contributed by atoms with E-state index in [0.717, 1.165) is 0 Å². The molecule has 0 fully saturated rings. The second-order valence-corrected chi connectivity index (χ2v) is 3.21. The molecule has 0 unspecified atom stereocenters. The van der Waals surface area contributed by atoms with Crippen molar-refractivity contribution in [1.82, 2.24) is 5.32 Å². The molecule has 0 spiro atoms. The van der Waals surface area contributed by atoms with Crippen LogP contribution in [0.3, 0.4) is 0 Å². The van der Waals surface area contributed by atoms with Gasteiger partial charge in [-0.15, -0.1) is 0 Å². The van der Waals surface area contributed by atoms with Gasteiger partial charge < -0.3 is 5.32 Å². The van der Waals surface area contributed by atoms with E-state index >= 15 is 0 Å². The number of thioether (sulfide) groups is 1. The monoisotopic (exact) mass is 175 g/mol. The van der Waals surface area contributed by atoms with Gasteiger partial charge in [-0.2, -0.15) is 0 Å². The minimum absolute atomic E-state index is 0.0467. The molecule has 0 atom stereocenters. The lowest BCUT2D eigenvalue weighted by atomic mass is 10.6. The largest absolute Gasteiger partial charge is 0.356 e. The van der Waals surface area contributed by atoms with E-state index in [1.165, 1.54) is 18.7 Å². The van der Waals surface area contributed by atoms with Gasteiger partial charge in [0.05, 0.1) is 0 Å². The van der Waals surface area contributed by atoms with Crippen LogP contribution in [0.5, 0.6) is 0 Å². The van der Waals surface area contributed by atoms with E-state index in [0.29, 0.717) is 18.7 Å². The Hall–Kier alpha value is -0.510. The third-order valence-electron chi connectivity index (χ3n) is 1.03. The summed E-state index contributed by atoms with van der Waals surface area (Å²) < 4.78 is 0. The highest BCUT2D eigenvalue weighted by Crippen LogP contribution is 2.02. The number of hydrogen-bond acceptors (Lipinski definition) is 3. The number of hydrogen-bond donors (Lipinski definition) is 1. The van der Waals surface area contributed by atoms with Gasteiger partial charge in [-0.25, -0.2) is 0 Å². The number of rotatable bonds is 4. The Labute approximate surface area is 70.9 Å². The first-order valence-corrected chi connectivity index (χ1v) is 4.55. The van der Waals surface area contributed by atoms with Crippen LogP contribution in [0.2, 0.25) is 0 Å². The average molecular weight is 175 g/mol. The van der Waals surface area contributed by atoms with E-state index in [9.17, 15) is 9.59 Å². The molecule has 0 aliphatic heterocycles. The molecule has 1 N–H and O–H groups in total. The molecule has 0 heterocycles. The lowest BCUT2D eigenvalue weighted by molar-refractivity contribution is -0.118. The quantitative estimate of drug-likeness (QED) is 0.643. The Morgan fingerprint density at radius 1 is 1.45 bits per heavy atom. The van der Waals surface area contributed by atoms with Gasteiger partial charge in [0.1, 0.15) is 0 Å². The van der Waals surface area contributed by atoms with E-state index in [1.54, 1.807) is 0 Å². The van der Waals surface area contributed by atoms with E-state index < -0.39 is 0 Å². The zero-order chi connectivity index (χ0) is 8.69. The highest BCUT2D eigenvalue weighted by Gasteiger charge is 1.97.